The molecule has 0 saturated carbocycles. The number of halogens is 1. The van der Waals surface area contributed by atoms with Crippen molar-refractivity contribution in [2.75, 3.05) is 18.4 Å². The highest BCUT2D eigenvalue weighted by Crippen LogP contribution is 2.21. The van der Waals surface area contributed by atoms with Gasteiger partial charge in [-0.2, -0.15) is 0 Å². The van der Waals surface area contributed by atoms with E-state index in [9.17, 15) is 4.79 Å². The largest absolute Gasteiger partial charge is 0.298 e. The van der Waals surface area contributed by atoms with E-state index in [1.807, 2.05) is 30.5 Å². The molecule has 0 spiro atoms. The average molecular weight is 441 g/mol. The van der Waals surface area contributed by atoms with Crippen molar-refractivity contribution in [2.24, 2.45) is 0 Å². The minimum absolute atomic E-state index is 0.0861. The number of hydrogen-bond donors (Lipinski definition) is 1. The van der Waals surface area contributed by atoms with Crippen LogP contribution in [0.1, 0.15) is 40.9 Å². The first-order chi connectivity index (χ1) is 11.1. The zero-order valence-corrected chi connectivity index (χ0v) is 16.1. The molecule has 1 N–H and O–H groups in total. The number of aromatic nitrogens is 1. The standard InChI is InChI=1S/C17H20IN3OS/c1-12-6-5-7-14(15(12)18)16(22)20-17-19-13(11-23-17)10-21-8-3-2-4-9-21/h5-7,11H,2-4,8-10H2,1H3,(H,19,20,22). The molecule has 0 unspecified atom stereocenters. The van der Waals surface area contributed by atoms with Crippen LogP contribution in [-0.4, -0.2) is 28.9 Å². The Balaban J connectivity index is 1.64. The maximum atomic E-state index is 12.4. The van der Waals surface area contributed by atoms with Crippen molar-refractivity contribution in [3.63, 3.8) is 0 Å². The first-order valence-electron chi connectivity index (χ1n) is 7.87. The molecule has 6 heteroatoms. The van der Waals surface area contributed by atoms with E-state index in [1.54, 1.807) is 0 Å². The molecule has 4 nitrogen and oxygen atoms in total. The van der Waals surface area contributed by atoms with Crippen molar-refractivity contribution < 1.29 is 4.79 Å². The van der Waals surface area contributed by atoms with Crippen LogP contribution >= 0.6 is 33.9 Å². The first-order valence-corrected chi connectivity index (χ1v) is 9.82. The number of thiazole rings is 1. The number of benzene rings is 1. The third-order valence-electron chi connectivity index (χ3n) is 4.04. The lowest BCUT2D eigenvalue weighted by Gasteiger charge is -2.25. The molecule has 23 heavy (non-hydrogen) atoms. The number of hydrogen-bond acceptors (Lipinski definition) is 4. The molecule has 1 aromatic carbocycles. The smallest absolute Gasteiger partial charge is 0.258 e. The van der Waals surface area contributed by atoms with Gasteiger partial charge in [0.05, 0.1) is 11.3 Å². The van der Waals surface area contributed by atoms with Gasteiger partial charge in [0.1, 0.15) is 0 Å². The Hall–Kier alpha value is -0.990. The maximum absolute atomic E-state index is 12.4. The van der Waals surface area contributed by atoms with Crippen molar-refractivity contribution in [3.8, 4) is 0 Å². The Morgan fingerprint density at radius 3 is 2.91 bits per heavy atom. The third kappa shape index (κ3) is 4.30. The molecular weight excluding hydrogens is 421 g/mol. The summed E-state index contributed by atoms with van der Waals surface area (Å²) in [4.78, 5) is 19.4. The van der Waals surface area contributed by atoms with Gasteiger partial charge in [-0.15, -0.1) is 11.3 Å². The highest BCUT2D eigenvalue weighted by molar-refractivity contribution is 14.1. The molecule has 2 heterocycles. The molecule has 0 bridgehead atoms. The van der Waals surface area contributed by atoms with E-state index in [1.165, 1.54) is 30.6 Å². The summed E-state index contributed by atoms with van der Waals surface area (Å²) < 4.78 is 0.993. The summed E-state index contributed by atoms with van der Waals surface area (Å²) in [7, 11) is 0. The minimum atomic E-state index is -0.0861. The predicted molar refractivity (Wildman–Crippen MR) is 103 cm³/mol. The van der Waals surface area contributed by atoms with Gasteiger partial charge < -0.3 is 0 Å². The van der Waals surface area contributed by atoms with E-state index in [0.29, 0.717) is 10.7 Å². The molecule has 0 aliphatic carbocycles. The number of carbonyl (C=O) groups is 1. The molecule has 122 valence electrons. The Bertz CT molecular complexity index is 695. The number of carbonyl (C=O) groups excluding carboxylic acids is 1. The van der Waals surface area contributed by atoms with Crippen molar-refractivity contribution in [2.45, 2.75) is 32.7 Å². The number of rotatable bonds is 4. The Morgan fingerprint density at radius 2 is 2.13 bits per heavy atom. The van der Waals surface area contributed by atoms with Gasteiger partial charge >= 0.3 is 0 Å². The fourth-order valence-electron chi connectivity index (χ4n) is 2.77. The number of nitrogens with one attached hydrogen (secondary N) is 1. The van der Waals surface area contributed by atoms with Gasteiger partial charge in [-0.05, 0) is 67.1 Å². The number of aryl methyl sites for hydroxylation is 1. The summed E-state index contributed by atoms with van der Waals surface area (Å²) in [6, 6.07) is 5.78. The Kier molecular flexibility index (Phi) is 5.66. The SMILES string of the molecule is Cc1cccc(C(=O)Nc2nc(CN3CCCCC3)cs2)c1I. The van der Waals surface area contributed by atoms with Crippen LogP contribution in [0.15, 0.2) is 23.6 Å². The lowest BCUT2D eigenvalue weighted by atomic mass is 10.1. The summed E-state index contributed by atoms with van der Waals surface area (Å²) in [6.45, 7) is 5.20. The molecule has 2 aromatic rings. The van der Waals surface area contributed by atoms with E-state index in [4.69, 9.17) is 0 Å². The van der Waals surface area contributed by atoms with E-state index in [0.717, 1.165) is 34.5 Å². The predicted octanol–water partition coefficient (Wildman–Crippen LogP) is 4.29. The van der Waals surface area contributed by atoms with Crippen LogP contribution in [0.4, 0.5) is 5.13 Å². The lowest BCUT2D eigenvalue weighted by Crippen LogP contribution is -2.29. The van der Waals surface area contributed by atoms with Gasteiger partial charge in [0.2, 0.25) is 0 Å². The van der Waals surface area contributed by atoms with E-state index in [2.05, 4.69) is 37.8 Å². The minimum Gasteiger partial charge on any atom is -0.298 e. The van der Waals surface area contributed by atoms with Crippen LogP contribution < -0.4 is 5.32 Å². The maximum Gasteiger partial charge on any atom is 0.258 e. The molecule has 0 atom stereocenters. The van der Waals surface area contributed by atoms with Gasteiger partial charge in [-0.1, -0.05) is 18.6 Å². The highest BCUT2D eigenvalue weighted by Gasteiger charge is 2.15. The number of anilines is 1. The molecule has 1 aliphatic heterocycles. The zero-order chi connectivity index (χ0) is 16.2. The summed E-state index contributed by atoms with van der Waals surface area (Å²) in [5, 5.41) is 5.66. The summed E-state index contributed by atoms with van der Waals surface area (Å²) in [5.41, 5.74) is 2.87. The van der Waals surface area contributed by atoms with Crippen molar-refractivity contribution in [1.29, 1.82) is 0 Å². The van der Waals surface area contributed by atoms with Crippen LogP contribution in [0.5, 0.6) is 0 Å². The number of nitrogens with zero attached hydrogens (tertiary/aromatic N) is 2. The molecule has 1 saturated heterocycles. The number of piperidine rings is 1. The normalized spacial score (nSPS) is 15.6. The van der Waals surface area contributed by atoms with Crippen molar-refractivity contribution in [1.82, 2.24) is 9.88 Å². The number of likely N-dealkylation sites (tertiary alicyclic amines) is 1. The molecule has 1 fully saturated rings. The average Bonchev–Trinajstić information content (AvgIpc) is 2.98. The first kappa shape index (κ1) is 16.9. The Labute approximate surface area is 154 Å². The second kappa shape index (κ2) is 7.72. The van der Waals surface area contributed by atoms with Crippen LogP contribution in [0.2, 0.25) is 0 Å². The van der Waals surface area contributed by atoms with E-state index < -0.39 is 0 Å². The van der Waals surface area contributed by atoms with Gasteiger partial charge in [-0.25, -0.2) is 4.98 Å². The third-order valence-corrected chi connectivity index (χ3v) is 6.28. The lowest BCUT2D eigenvalue weighted by molar-refractivity contribution is 0.102. The summed E-state index contributed by atoms with van der Waals surface area (Å²) >= 11 is 3.72. The second-order valence-corrected chi connectivity index (χ2v) is 7.81. The molecule has 1 aromatic heterocycles. The zero-order valence-electron chi connectivity index (χ0n) is 13.1. The molecule has 1 aliphatic rings. The molecular formula is C17H20IN3OS. The van der Waals surface area contributed by atoms with Gasteiger partial charge in [0, 0.05) is 15.5 Å². The Morgan fingerprint density at radius 1 is 1.35 bits per heavy atom. The molecule has 1 amide bonds. The molecule has 0 radical (unpaired) electrons. The van der Waals surface area contributed by atoms with E-state index in [-0.39, 0.29) is 5.91 Å². The monoisotopic (exact) mass is 441 g/mol. The van der Waals surface area contributed by atoms with Crippen molar-refractivity contribution in [3.05, 3.63) is 44.0 Å². The second-order valence-electron chi connectivity index (χ2n) is 5.87. The number of amides is 1. The summed E-state index contributed by atoms with van der Waals surface area (Å²) in [5.74, 6) is -0.0861. The quantitative estimate of drug-likeness (QED) is 0.720. The van der Waals surface area contributed by atoms with E-state index >= 15 is 0 Å². The molecule has 3 rings (SSSR count). The van der Waals surface area contributed by atoms with Crippen LogP contribution in [0.25, 0.3) is 0 Å². The van der Waals surface area contributed by atoms with Gasteiger partial charge in [0.25, 0.3) is 5.91 Å². The van der Waals surface area contributed by atoms with Gasteiger partial charge in [-0.3, -0.25) is 15.0 Å². The fraction of sp³-hybridized carbons (Fsp3) is 0.412. The summed E-state index contributed by atoms with van der Waals surface area (Å²) in [6.07, 6.45) is 3.89. The fourth-order valence-corrected chi connectivity index (χ4v) is 4.07. The van der Waals surface area contributed by atoms with Crippen LogP contribution in [0.3, 0.4) is 0 Å². The highest BCUT2D eigenvalue weighted by atomic mass is 127. The topological polar surface area (TPSA) is 45.2 Å². The van der Waals surface area contributed by atoms with Crippen LogP contribution in [0, 0.1) is 10.5 Å². The van der Waals surface area contributed by atoms with Crippen LogP contribution in [-0.2, 0) is 6.54 Å². The van der Waals surface area contributed by atoms with Crippen molar-refractivity contribution >= 4 is 45.0 Å². The van der Waals surface area contributed by atoms with Gasteiger partial charge in [0.15, 0.2) is 5.13 Å².